The molecule has 0 bridgehead atoms. The predicted octanol–water partition coefficient (Wildman–Crippen LogP) is 3.04. The molecule has 0 radical (unpaired) electrons. The van der Waals surface area contributed by atoms with E-state index in [0.717, 1.165) is 44.9 Å². The number of ether oxygens (including phenoxy) is 1. The van der Waals surface area contributed by atoms with Crippen molar-refractivity contribution in [3.63, 3.8) is 0 Å². The number of aliphatic hydroxyl groups excluding tert-OH is 3. The molecular formula is C28H47NO6. The van der Waals surface area contributed by atoms with Crippen LogP contribution in [0, 0.1) is 46.3 Å². The van der Waals surface area contributed by atoms with Crippen molar-refractivity contribution in [2.75, 3.05) is 13.2 Å². The molecule has 0 aromatic carbocycles. The van der Waals surface area contributed by atoms with E-state index in [1.807, 2.05) is 0 Å². The number of esters is 1. The summed E-state index contributed by atoms with van der Waals surface area (Å²) in [6.45, 7) is 8.72. The van der Waals surface area contributed by atoms with Gasteiger partial charge in [-0.1, -0.05) is 20.8 Å². The lowest BCUT2D eigenvalue weighted by atomic mass is 9.43. The Hall–Kier alpha value is -1.18. The molecule has 4 N–H and O–H groups in total. The van der Waals surface area contributed by atoms with Crippen molar-refractivity contribution in [3.8, 4) is 0 Å². The lowest BCUT2D eigenvalue weighted by Gasteiger charge is -2.63. The molecule has 200 valence electrons. The van der Waals surface area contributed by atoms with Crippen LogP contribution in [0.2, 0.25) is 0 Å². The van der Waals surface area contributed by atoms with Crippen LogP contribution in [0.3, 0.4) is 0 Å². The molecule has 0 heterocycles. The van der Waals surface area contributed by atoms with Gasteiger partial charge in [0.15, 0.2) is 0 Å². The van der Waals surface area contributed by atoms with Crippen molar-refractivity contribution in [3.05, 3.63) is 0 Å². The van der Waals surface area contributed by atoms with Gasteiger partial charge in [-0.3, -0.25) is 9.59 Å². The SMILES string of the molecule is CCOC(=O)CNC(=O)CC[C@@H](C)[C@H]1CC[C@H]2[C@@H]3[C@H](O)CC4C[C@H](O)CC[C@]4(C)[C@H]3C[C@H](O)[C@]12C. The van der Waals surface area contributed by atoms with Gasteiger partial charge in [0.2, 0.25) is 5.91 Å². The minimum absolute atomic E-state index is 0.0755. The highest BCUT2D eigenvalue weighted by Gasteiger charge is 2.65. The molecule has 4 aliphatic rings. The van der Waals surface area contributed by atoms with Crippen LogP contribution in [-0.4, -0.2) is 58.7 Å². The monoisotopic (exact) mass is 493 g/mol. The molecule has 0 aromatic rings. The first-order chi connectivity index (χ1) is 16.5. The normalized spacial score (nSPS) is 45.6. The van der Waals surface area contributed by atoms with Gasteiger partial charge in [-0.15, -0.1) is 0 Å². The minimum Gasteiger partial charge on any atom is -0.465 e. The second-order valence-corrected chi connectivity index (χ2v) is 12.6. The van der Waals surface area contributed by atoms with Crippen LogP contribution in [0.15, 0.2) is 0 Å². The van der Waals surface area contributed by atoms with Gasteiger partial charge in [-0.25, -0.2) is 0 Å². The number of rotatable bonds is 7. The largest absolute Gasteiger partial charge is 0.465 e. The number of amides is 1. The van der Waals surface area contributed by atoms with E-state index < -0.39 is 12.1 Å². The lowest BCUT2D eigenvalue weighted by molar-refractivity contribution is -0.207. The van der Waals surface area contributed by atoms with Gasteiger partial charge in [0.05, 0.1) is 24.9 Å². The molecule has 0 aromatic heterocycles. The molecule has 1 amide bonds. The summed E-state index contributed by atoms with van der Waals surface area (Å²) >= 11 is 0. The summed E-state index contributed by atoms with van der Waals surface area (Å²) in [5.74, 6) is 1.09. The van der Waals surface area contributed by atoms with Gasteiger partial charge in [0.1, 0.15) is 6.54 Å². The highest BCUT2D eigenvalue weighted by molar-refractivity contribution is 5.81. The van der Waals surface area contributed by atoms with Crippen LogP contribution in [0.1, 0.15) is 85.5 Å². The van der Waals surface area contributed by atoms with E-state index in [1.54, 1.807) is 6.92 Å². The molecule has 7 nitrogen and oxygen atoms in total. The van der Waals surface area contributed by atoms with Gasteiger partial charge < -0.3 is 25.4 Å². The maximum absolute atomic E-state index is 12.3. The molecule has 0 spiro atoms. The number of hydrogen-bond acceptors (Lipinski definition) is 6. The molecule has 1 unspecified atom stereocenters. The number of hydrogen-bond donors (Lipinski definition) is 4. The van der Waals surface area contributed by atoms with Crippen LogP contribution < -0.4 is 5.32 Å². The van der Waals surface area contributed by atoms with Gasteiger partial charge >= 0.3 is 5.97 Å². The van der Waals surface area contributed by atoms with Crippen molar-refractivity contribution in [1.29, 1.82) is 0 Å². The van der Waals surface area contributed by atoms with Gasteiger partial charge in [-0.2, -0.15) is 0 Å². The number of nitrogens with one attached hydrogen (secondary N) is 1. The van der Waals surface area contributed by atoms with E-state index in [0.29, 0.717) is 37.2 Å². The molecule has 11 atom stereocenters. The fourth-order valence-electron chi connectivity index (χ4n) is 9.16. The second-order valence-electron chi connectivity index (χ2n) is 12.6. The molecule has 35 heavy (non-hydrogen) atoms. The average molecular weight is 494 g/mol. The fraction of sp³-hybridized carbons (Fsp3) is 0.929. The Balaban J connectivity index is 1.43. The number of aliphatic hydroxyl groups is 3. The van der Waals surface area contributed by atoms with Gasteiger partial charge in [0.25, 0.3) is 0 Å². The molecule has 4 aliphatic carbocycles. The average Bonchev–Trinajstić information content (AvgIpc) is 3.16. The van der Waals surface area contributed by atoms with E-state index in [9.17, 15) is 24.9 Å². The van der Waals surface area contributed by atoms with Crippen molar-refractivity contribution in [2.24, 2.45) is 46.3 Å². The Bertz CT molecular complexity index is 789. The fourth-order valence-corrected chi connectivity index (χ4v) is 9.16. The standard InChI is InChI=1S/C28H47NO6/c1-5-35-25(34)15-29-24(33)9-6-16(2)19-7-8-20-26-21(14-23(32)28(19,20)4)27(3)11-10-18(30)12-17(27)13-22(26)31/h16-23,26,30-32H,5-15H2,1-4H3,(H,29,33)/t16-,17?,18-,19-,20+,21+,22-,23+,26+,27+,28-/m1/s1. The Morgan fingerprint density at radius 2 is 1.80 bits per heavy atom. The second kappa shape index (κ2) is 10.3. The van der Waals surface area contributed by atoms with Crippen LogP contribution in [0.5, 0.6) is 0 Å². The summed E-state index contributed by atoms with van der Waals surface area (Å²) in [7, 11) is 0. The topological polar surface area (TPSA) is 116 Å². The number of carbonyl (C=O) groups is 2. The van der Waals surface area contributed by atoms with Crippen LogP contribution in [-0.2, 0) is 14.3 Å². The molecule has 4 saturated carbocycles. The molecule has 0 saturated heterocycles. The molecule has 0 aliphatic heterocycles. The van der Waals surface area contributed by atoms with Crippen LogP contribution in [0.4, 0.5) is 0 Å². The van der Waals surface area contributed by atoms with Crippen molar-refractivity contribution in [1.82, 2.24) is 5.32 Å². The summed E-state index contributed by atoms with van der Waals surface area (Å²) in [5.41, 5.74) is -0.188. The summed E-state index contributed by atoms with van der Waals surface area (Å²) in [6, 6.07) is 0. The van der Waals surface area contributed by atoms with Gasteiger partial charge in [-0.05, 0) is 105 Å². The highest BCUT2D eigenvalue weighted by atomic mass is 16.5. The summed E-state index contributed by atoms with van der Waals surface area (Å²) in [5, 5.41) is 36.0. The summed E-state index contributed by atoms with van der Waals surface area (Å²) in [6.07, 6.45) is 6.09. The zero-order valence-corrected chi connectivity index (χ0v) is 22.0. The zero-order valence-electron chi connectivity index (χ0n) is 22.0. The van der Waals surface area contributed by atoms with Crippen molar-refractivity contribution >= 4 is 11.9 Å². The molecule has 4 rings (SSSR count). The third kappa shape index (κ3) is 4.77. The van der Waals surface area contributed by atoms with Crippen LogP contribution >= 0.6 is 0 Å². The lowest BCUT2D eigenvalue weighted by Crippen LogP contribution is -2.62. The van der Waals surface area contributed by atoms with E-state index in [-0.39, 0.29) is 53.2 Å². The predicted molar refractivity (Wildman–Crippen MR) is 132 cm³/mol. The Labute approximate surface area is 210 Å². The van der Waals surface area contributed by atoms with E-state index in [2.05, 4.69) is 26.1 Å². The zero-order chi connectivity index (χ0) is 25.5. The van der Waals surface area contributed by atoms with Crippen molar-refractivity contribution < 1.29 is 29.6 Å². The van der Waals surface area contributed by atoms with E-state index in [4.69, 9.17) is 4.74 Å². The first kappa shape index (κ1) is 26.9. The highest BCUT2D eigenvalue weighted by Crippen LogP contribution is 2.68. The first-order valence-electron chi connectivity index (χ1n) is 14.0. The molecule has 7 heteroatoms. The third-order valence-corrected chi connectivity index (χ3v) is 11.1. The number of carbonyl (C=O) groups excluding carboxylic acids is 2. The summed E-state index contributed by atoms with van der Waals surface area (Å²) in [4.78, 5) is 23.8. The molecule has 4 fully saturated rings. The van der Waals surface area contributed by atoms with Gasteiger partial charge in [0, 0.05) is 6.42 Å². The quantitative estimate of drug-likeness (QED) is 0.405. The number of fused-ring (bicyclic) bond motifs is 5. The Morgan fingerprint density at radius 3 is 2.51 bits per heavy atom. The smallest absolute Gasteiger partial charge is 0.325 e. The Morgan fingerprint density at radius 1 is 1.06 bits per heavy atom. The van der Waals surface area contributed by atoms with Crippen molar-refractivity contribution in [2.45, 2.75) is 104 Å². The third-order valence-electron chi connectivity index (χ3n) is 11.1. The van der Waals surface area contributed by atoms with Crippen LogP contribution in [0.25, 0.3) is 0 Å². The van der Waals surface area contributed by atoms with E-state index >= 15 is 0 Å². The Kier molecular flexibility index (Phi) is 7.90. The molecular weight excluding hydrogens is 446 g/mol. The van der Waals surface area contributed by atoms with E-state index in [1.165, 1.54) is 0 Å². The maximum atomic E-state index is 12.3. The minimum atomic E-state index is -0.422. The first-order valence-corrected chi connectivity index (χ1v) is 14.0. The maximum Gasteiger partial charge on any atom is 0.325 e. The summed E-state index contributed by atoms with van der Waals surface area (Å²) < 4.78 is 4.87.